The van der Waals surface area contributed by atoms with Crippen LogP contribution in [0.25, 0.3) is 0 Å². The van der Waals surface area contributed by atoms with Gasteiger partial charge in [-0.2, -0.15) is 0 Å². The van der Waals surface area contributed by atoms with Crippen LogP contribution in [0.2, 0.25) is 0 Å². The molecule has 0 unspecified atom stereocenters. The van der Waals surface area contributed by atoms with E-state index in [1.165, 1.54) is 6.08 Å². The van der Waals surface area contributed by atoms with Gasteiger partial charge < -0.3 is 0 Å². The fourth-order valence-electron chi connectivity index (χ4n) is 0.195. The zero-order chi connectivity index (χ0) is 6.24. The highest BCUT2D eigenvalue weighted by Gasteiger charge is 1.48. The normalized spacial score (nSPS) is 5.12. The molecule has 0 saturated carbocycles. The maximum Gasteiger partial charge on any atom is 0.0372 e. The van der Waals surface area contributed by atoms with Gasteiger partial charge in [0.15, 0.2) is 0 Å². The molecule has 0 radical (unpaired) electrons. The van der Waals surface area contributed by atoms with E-state index in [2.05, 4.69) is 16.6 Å². The zero-order valence-electron chi connectivity index (χ0n) is 4.60. The summed E-state index contributed by atoms with van der Waals surface area (Å²) in [7, 11) is 1.62. The first-order valence-corrected chi connectivity index (χ1v) is 2.08. The molecule has 2 heteroatoms. The van der Waals surface area contributed by atoms with E-state index in [1.807, 2.05) is 5.87 Å². The van der Waals surface area contributed by atoms with Gasteiger partial charge in [0.05, 0.1) is 0 Å². The van der Waals surface area contributed by atoms with Gasteiger partial charge in [-0.25, -0.2) is 4.99 Å². The molecule has 8 heavy (non-hydrogen) atoms. The van der Waals surface area contributed by atoms with Crippen molar-refractivity contribution in [1.29, 1.82) is 5.41 Å². The van der Waals surface area contributed by atoms with Crippen molar-refractivity contribution >= 4 is 11.7 Å². The number of nitrogens with zero attached hydrogens (tertiary/aromatic N) is 1. The van der Waals surface area contributed by atoms with Gasteiger partial charge in [0.25, 0.3) is 0 Å². The van der Waals surface area contributed by atoms with Crippen molar-refractivity contribution in [1.82, 2.24) is 0 Å². The number of rotatable bonds is 1. The minimum absolute atomic E-state index is 1.51. The molecular weight excluding hydrogens is 100 g/mol. The molecule has 0 aliphatic carbocycles. The summed E-state index contributed by atoms with van der Waals surface area (Å²) in [4.78, 5) is 3.54. The van der Waals surface area contributed by atoms with E-state index in [-0.39, 0.29) is 0 Å². The van der Waals surface area contributed by atoms with E-state index >= 15 is 0 Å². The van der Waals surface area contributed by atoms with Crippen molar-refractivity contribution < 1.29 is 0 Å². The van der Waals surface area contributed by atoms with E-state index in [1.54, 1.807) is 13.1 Å². The van der Waals surface area contributed by atoms with E-state index in [0.717, 1.165) is 0 Å². The molecule has 0 bridgehead atoms. The summed E-state index contributed by atoms with van der Waals surface area (Å²) in [6.45, 7) is 0. The third kappa shape index (κ3) is 4.68. The molecule has 0 atom stereocenters. The Morgan fingerprint density at radius 1 is 1.50 bits per heavy atom. The molecule has 0 aliphatic rings. The van der Waals surface area contributed by atoms with Crippen LogP contribution in [0.5, 0.6) is 0 Å². The summed E-state index contributed by atoms with van der Waals surface area (Å²) in [6.07, 6.45) is 3.07. The third-order valence-electron chi connectivity index (χ3n) is 0.442. The van der Waals surface area contributed by atoms with Crippen LogP contribution in [0, 0.1) is 5.41 Å². The van der Waals surface area contributed by atoms with E-state index in [4.69, 9.17) is 5.41 Å². The lowest BCUT2D eigenvalue weighted by molar-refractivity contribution is 1.48. The second-order valence-electron chi connectivity index (χ2n) is 0.955. The molecule has 0 fully saturated rings. The van der Waals surface area contributed by atoms with Crippen LogP contribution in [0.1, 0.15) is 0 Å². The highest BCUT2D eigenvalue weighted by Crippen LogP contribution is 1.58. The first-order valence-electron chi connectivity index (χ1n) is 2.08. The van der Waals surface area contributed by atoms with Gasteiger partial charge in [0.2, 0.25) is 0 Å². The number of hydrogen-bond acceptors (Lipinski definition) is 2. The fraction of sp³-hybridized carbons (Fsp3) is 0.167. The Labute approximate surface area is 48.1 Å². The maximum atomic E-state index is 6.37. The van der Waals surface area contributed by atoms with Gasteiger partial charge in [-0.1, -0.05) is 0 Å². The van der Waals surface area contributed by atoms with Gasteiger partial charge in [0.1, 0.15) is 0 Å². The lowest BCUT2D eigenvalue weighted by Crippen LogP contribution is -1.48. The van der Waals surface area contributed by atoms with Crippen LogP contribution in [0.3, 0.4) is 0 Å². The molecule has 0 saturated heterocycles. The molecule has 0 aromatic heterocycles. The molecule has 0 rings (SSSR count). The molecule has 0 aliphatic heterocycles. The minimum atomic E-state index is 1.51. The summed E-state index contributed by atoms with van der Waals surface area (Å²) >= 11 is 0. The molecule has 40 valence electrons. The Morgan fingerprint density at radius 3 is 2.75 bits per heavy atom. The number of aliphatic imine (C=N–C) groups is 1. The Balaban J connectivity index is 3.96. The smallest absolute Gasteiger partial charge is 0.0372 e. The topological polar surface area (TPSA) is 36.2 Å². The maximum absolute atomic E-state index is 6.37. The Hall–Kier alpha value is -1.32. The van der Waals surface area contributed by atoms with Crippen LogP contribution in [-0.2, 0) is 0 Å². The van der Waals surface area contributed by atoms with Crippen molar-refractivity contribution in [3.63, 3.8) is 0 Å². The average molecular weight is 106 g/mol. The summed E-state index contributed by atoms with van der Waals surface area (Å²) in [5, 5.41) is 6.37. The predicted octanol–water partition coefficient (Wildman–Crippen LogP) is 0.802. The Kier molecular flexibility index (Phi) is 4.74. The van der Waals surface area contributed by atoms with E-state index in [0.29, 0.717) is 0 Å². The Bertz CT molecular complexity index is 185. The molecule has 0 amide bonds. The van der Waals surface area contributed by atoms with Crippen LogP contribution in [0.4, 0.5) is 0 Å². The fourth-order valence-corrected chi connectivity index (χ4v) is 0.195. The van der Waals surface area contributed by atoms with Crippen molar-refractivity contribution in [3.05, 3.63) is 17.9 Å². The minimum Gasteiger partial charge on any atom is -0.251 e. The van der Waals surface area contributed by atoms with Crippen LogP contribution in [0.15, 0.2) is 22.9 Å². The van der Waals surface area contributed by atoms with Crippen LogP contribution < -0.4 is 0 Å². The van der Waals surface area contributed by atoms with E-state index in [9.17, 15) is 0 Å². The molecule has 2 nitrogen and oxygen atoms in total. The molecule has 1 N–H and O–H groups in total. The molecule has 0 aromatic carbocycles. The predicted molar refractivity (Wildman–Crippen MR) is 33.7 cm³/mol. The quantitative estimate of drug-likeness (QED) is 0.291. The summed E-state index contributed by atoms with van der Waals surface area (Å²) in [5.41, 5.74) is 2.40. The third-order valence-corrected chi connectivity index (χ3v) is 0.442. The molecular formula is C6H6N2. The summed E-state index contributed by atoms with van der Waals surface area (Å²) in [5.74, 6) is 4.50. The summed E-state index contributed by atoms with van der Waals surface area (Å²) in [6, 6.07) is 0. The van der Waals surface area contributed by atoms with Crippen molar-refractivity contribution in [2.24, 2.45) is 4.99 Å². The Morgan fingerprint density at radius 2 is 2.25 bits per heavy atom. The van der Waals surface area contributed by atoms with Crippen LogP contribution in [-0.4, -0.2) is 18.8 Å². The second kappa shape index (κ2) is 5.68. The highest BCUT2D eigenvalue weighted by molar-refractivity contribution is 5.56. The first-order chi connectivity index (χ1) is 3.91. The standard InChI is InChI=1S/C6H6N2/c1-8-6-4-2-3-5-7/h2,4,7H,1H3. The first kappa shape index (κ1) is 6.68. The molecule has 0 heterocycles. The van der Waals surface area contributed by atoms with Crippen molar-refractivity contribution in [2.45, 2.75) is 0 Å². The van der Waals surface area contributed by atoms with Gasteiger partial charge in [0, 0.05) is 19.0 Å². The molecule has 0 spiro atoms. The highest BCUT2D eigenvalue weighted by atomic mass is 14.6. The number of nitrogens with one attached hydrogen (secondary N) is 1. The van der Waals surface area contributed by atoms with Crippen LogP contribution >= 0.6 is 0 Å². The average Bonchev–Trinajstić information content (AvgIpc) is 1.81. The van der Waals surface area contributed by atoms with Crippen molar-refractivity contribution in [3.8, 4) is 0 Å². The van der Waals surface area contributed by atoms with Gasteiger partial charge in [-0.05, 0) is 17.7 Å². The van der Waals surface area contributed by atoms with E-state index < -0.39 is 0 Å². The lowest BCUT2D eigenvalue weighted by atomic mass is 10.6. The van der Waals surface area contributed by atoms with Gasteiger partial charge in [-0.15, -0.1) is 0 Å². The number of hydrogen-bond donors (Lipinski definition) is 1. The summed E-state index contributed by atoms with van der Waals surface area (Å²) < 4.78 is 0. The largest absolute Gasteiger partial charge is 0.251 e. The van der Waals surface area contributed by atoms with Gasteiger partial charge >= 0.3 is 0 Å². The SMILES string of the molecule is CN=C=CC=C=C=N. The second-order valence-corrected chi connectivity index (χ2v) is 0.955. The van der Waals surface area contributed by atoms with Crippen molar-refractivity contribution in [2.75, 3.05) is 7.05 Å². The zero-order valence-corrected chi connectivity index (χ0v) is 4.60. The molecule has 0 aromatic rings. The lowest BCUT2D eigenvalue weighted by Gasteiger charge is -1.55. The number of allylic oxidation sites excluding steroid dienone is 2. The van der Waals surface area contributed by atoms with Gasteiger partial charge in [-0.3, -0.25) is 5.41 Å². The monoisotopic (exact) mass is 106 g/mol.